The fourth-order valence-corrected chi connectivity index (χ4v) is 1.32. The van der Waals surface area contributed by atoms with Gasteiger partial charge in [-0.3, -0.25) is 4.98 Å². The second kappa shape index (κ2) is 4.70. The third-order valence-corrected chi connectivity index (χ3v) is 2.95. The molecule has 0 fully saturated rings. The van der Waals surface area contributed by atoms with E-state index in [0.29, 0.717) is 11.2 Å². The fraction of sp³-hybridized carbons (Fsp3) is 0.400. The maximum atomic E-state index is 11.6. The van der Waals surface area contributed by atoms with Crippen molar-refractivity contribution in [2.24, 2.45) is 4.40 Å². The van der Waals surface area contributed by atoms with Crippen LogP contribution in [0.25, 0.3) is 0 Å². The molecule has 15 heavy (non-hydrogen) atoms. The molecule has 0 spiro atoms. The molecular formula is C10H13BN2OS. The second-order valence-corrected chi connectivity index (χ2v) is 6.04. The number of hydrogen-bond acceptors (Lipinski definition) is 2. The van der Waals surface area contributed by atoms with Crippen LogP contribution in [-0.2, 0) is 11.0 Å². The Balaban J connectivity index is 2.79. The molecule has 2 radical (unpaired) electrons. The number of hydrogen-bond donors (Lipinski definition) is 0. The maximum Gasteiger partial charge on any atom is 0.144 e. The van der Waals surface area contributed by atoms with Crippen molar-refractivity contribution in [3.05, 3.63) is 24.0 Å². The zero-order valence-electron chi connectivity index (χ0n) is 9.10. The Labute approximate surface area is 94.0 Å². The molecular weight excluding hydrogens is 207 g/mol. The van der Waals surface area contributed by atoms with Crippen molar-refractivity contribution in [1.29, 1.82) is 0 Å². The molecule has 1 rings (SSSR count). The van der Waals surface area contributed by atoms with E-state index in [0.717, 1.165) is 0 Å². The van der Waals surface area contributed by atoms with Crippen molar-refractivity contribution < 1.29 is 4.21 Å². The summed E-state index contributed by atoms with van der Waals surface area (Å²) < 4.78 is 15.2. The molecule has 0 aliphatic heterocycles. The normalized spacial score (nSPS) is 14.3. The Morgan fingerprint density at radius 1 is 1.53 bits per heavy atom. The second-order valence-electron chi connectivity index (χ2n) is 4.11. The smallest absolute Gasteiger partial charge is 0.144 e. The Morgan fingerprint density at radius 3 is 2.73 bits per heavy atom. The van der Waals surface area contributed by atoms with Crippen molar-refractivity contribution in [1.82, 2.24) is 4.98 Å². The van der Waals surface area contributed by atoms with Gasteiger partial charge >= 0.3 is 0 Å². The van der Waals surface area contributed by atoms with Crippen LogP contribution in [-0.4, -0.2) is 28.0 Å². The highest BCUT2D eigenvalue weighted by molar-refractivity contribution is 7.85. The lowest BCUT2D eigenvalue weighted by atomic mass is 9.97. The van der Waals surface area contributed by atoms with Gasteiger partial charge in [0.25, 0.3) is 0 Å². The van der Waals surface area contributed by atoms with Crippen LogP contribution >= 0.6 is 0 Å². The molecule has 1 heterocycles. The average Bonchev–Trinajstić information content (AvgIpc) is 2.12. The van der Waals surface area contributed by atoms with Gasteiger partial charge < -0.3 is 0 Å². The van der Waals surface area contributed by atoms with Crippen molar-refractivity contribution in [3.8, 4) is 0 Å². The fourth-order valence-electron chi connectivity index (χ4n) is 0.796. The van der Waals surface area contributed by atoms with Crippen LogP contribution in [0.3, 0.4) is 0 Å². The highest BCUT2D eigenvalue weighted by atomic mass is 32.2. The van der Waals surface area contributed by atoms with E-state index in [-0.39, 0.29) is 4.75 Å². The molecule has 0 unspecified atom stereocenters. The van der Waals surface area contributed by atoms with E-state index < -0.39 is 11.0 Å². The third-order valence-electron chi connectivity index (χ3n) is 1.61. The molecule has 0 N–H and O–H groups in total. The molecule has 0 saturated carbocycles. The Hall–Kier alpha value is -0.965. The van der Waals surface area contributed by atoms with Crippen molar-refractivity contribution in [2.75, 3.05) is 0 Å². The van der Waals surface area contributed by atoms with Gasteiger partial charge in [-0.05, 0) is 26.8 Å². The number of nitrogens with zero attached hydrogens (tertiary/aromatic N) is 2. The van der Waals surface area contributed by atoms with Gasteiger partial charge in [0.1, 0.15) is 18.8 Å². The van der Waals surface area contributed by atoms with Gasteiger partial charge in [0.05, 0.1) is 16.7 Å². The van der Waals surface area contributed by atoms with E-state index in [9.17, 15) is 4.21 Å². The van der Waals surface area contributed by atoms with Crippen LogP contribution in [0.4, 0.5) is 0 Å². The maximum absolute atomic E-state index is 11.6. The minimum Gasteiger partial charge on any atom is -0.255 e. The van der Waals surface area contributed by atoms with E-state index in [1.807, 2.05) is 20.8 Å². The van der Waals surface area contributed by atoms with Crippen LogP contribution in [0, 0.1) is 0 Å². The third kappa shape index (κ3) is 3.95. The van der Waals surface area contributed by atoms with Crippen LogP contribution < -0.4 is 5.46 Å². The van der Waals surface area contributed by atoms with E-state index in [4.69, 9.17) is 7.85 Å². The van der Waals surface area contributed by atoms with E-state index in [2.05, 4.69) is 9.38 Å². The number of pyridine rings is 1. The van der Waals surface area contributed by atoms with Crippen molar-refractivity contribution in [2.45, 2.75) is 25.5 Å². The highest BCUT2D eigenvalue weighted by Gasteiger charge is 2.18. The molecule has 0 bridgehead atoms. The highest BCUT2D eigenvalue weighted by Crippen LogP contribution is 2.11. The summed E-state index contributed by atoms with van der Waals surface area (Å²) in [6, 6.07) is 3.38. The van der Waals surface area contributed by atoms with Crippen LogP contribution in [0.1, 0.15) is 26.5 Å². The van der Waals surface area contributed by atoms with Gasteiger partial charge in [-0.2, -0.15) is 4.40 Å². The number of aromatic nitrogens is 1. The summed E-state index contributed by atoms with van der Waals surface area (Å²) in [6.45, 7) is 5.60. The first-order valence-electron chi connectivity index (χ1n) is 4.57. The summed E-state index contributed by atoms with van der Waals surface area (Å²) in [5.74, 6) is 0. The monoisotopic (exact) mass is 220 g/mol. The minimum atomic E-state index is -1.26. The van der Waals surface area contributed by atoms with E-state index in [1.54, 1.807) is 18.3 Å². The van der Waals surface area contributed by atoms with Crippen molar-refractivity contribution in [3.63, 3.8) is 0 Å². The zero-order chi connectivity index (χ0) is 11.5. The Morgan fingerprint density at radius 2 is 2.20 bits per heavy atom. The lowest BCUT2D eigenvalue weighted by Crippen LogP contribution is -2.19. The first-order valence-corrected chi connectivity index (χ1v) is 5.68. The molecule has 1 atom stereocenters. The first-order chi connectivity index (χ1) is 6.89. The molecule has 0 aliphatic carbocycles. The minimum absolute atomic E-state index is 0.350. The molecule has 0 saturated heterocycles. The van der Waals surface area contributed by atoms with Crippen molar-refractivity contribution >= 4 is 30.5 Å². The molecule has 0 aromatic carbocycles. The van der Waals surface area contributed by atoms with Crippen LogP contribution in [0.5, 0.6) is 0 Å². The van der Waals surface area contributed by atoms with Gasteiger partial charge in [0.15, 0.2) is 0 Å². The zero-order valence-corrected chi connectivity index (χ0v) is 9.91. The standard InChI is InChI=1S/C10H13BN2OS/c1-10(2,3)15(14)13-7-9-6-8(11)4-5-12-9/h4-7H,1-3H3/b13-7+/t15-/m1/s1. The molecule has 0 aliphatic rings. The summed E-state index contributed by atoms with van der Waals surface area (Å²) >= 11 is 0. The summed E-state index contributed by atoms with van der Waals surface area (Å²) in [7, 11) is 4.32. The summed E-state index contributed by atoms with van der Waals surface area (Å²) in [6.07, 6.45) is 3.08. The SMILES string of the molecule is [B]c1ccnc(/C=N/[S@](=O)C(C)(C)C)c1. The Bertz CT molecular complexity index is 399. The Kier molecular flexibility index (Phi) is 3.80. The molecule has 1 aromatic heterocycles. The quantitative estimate of drug-likeness (QED) is 0.545. The predicted octanol–water partition coefficient (Wildman–Crippen LogP) is 0.757. The average molecular weight is 220 g/mol. The molecule has 5 heteroatoms. The van der Waals surface area contributed by atoms with Gasteiger partial charge in [-0.1, -0.05) is 11.5 Å². The topological polar surface area (TPSA) is 42.3 Å². The predicted molar refractivity (Wildman–Crippen MR) is 65.1 cm³/mol. The number of rotatable bonds is 2. The van der Waals surface area contributed by atoms with Crippen LogP contribution in [0.2, 0.25) is 0 Å². The molecule has 3 nitrogen and oxygen atoms in total. The van der Waals surface area contributed by atoms with Gasteiger partial charge in [-0.15, -0.1) is 0 Å². The largest absolute Gasteiger partial charge is 0.255 e. The summed E-state index contributed by atoms with van der Waals surface area (Å²) in [4.78, 5) is 4.03. The molecule has 78 valence electrons. The summed E-state index contributed by atoms with van der Waals surface area (Å²) in [5, 5.41) is 0. The van der Waals surface area contributed by atoms with Gasteiger partial charge in [0.2, 0.25) is 0 Å². The molecule has 1 aromatic rings. The van der Waals surface area contributed by atoms with Gasteiger partial charge in [0, 0.05) is 6.20 Å². The first kappa shape index (κ1) is 12.1. The molecule has 0 amide bonds. The lowest BCUT2D eigenvalue weighted by molar-refractivity contribution is 0.651. The summed E-state index contributed by atoms with van der Waals surface area (Å²) in [5.41, 5.74) is 1.24. The van der Waals surface area contributed by atoms with E-state index >= 15 is 0 Å². The van der Waals surface area contributed by atoms with E-state index in [1.165, 1.54) is 6.21 Å². The lowest BCUT2D eigenvalue weighted by Gasteiger charge is -2.12. The van der Waals surface area contributed by atoms with Gasteiger partial charge in [-0.25, -0.2) is 4.21 Å². The van der Waals surface area contributed by atoms with Crippen LogP contribution in [0.15, 0.2) is 22.7 Å².